The van der Waals surface area contributed by atoms with Crippen LogP contribution >= 0.6 is 7.82 Å². The van der Waals surface area contributed by atoms with Crippen molar-refractivity contribution in [2.24, 2.45) is 0 Å². The maximum Gasteiger partial charge on any atom is 0.472 e. The summed E-state index contributed by atoms with van der Waals surface area (Å²) in [6, 6.07) is 24.0. The van der Waals surface area contributed by atoms with Gasteiger partial charge in [-0.05, 0) is 41.0 Å². The van der Waals surface area contributed by atoms with Crippen LogP contribution in [0.1, 0.15) is 18.1 Å². The first-order chi connectivity index (χ1) is 14.5. The Morgan fingerprint density at radius 3 is 2.03 bits per heavy atom. The second-order valence-electron chi connectivity index (χ2n) is 6.83. The minimum absolute atomic E-state index is 0.187. The third-order valence-corrected chi connectivity index (χ3v) is 5.71. The molecule has 1 aliphatic rings. The smallest absolute Gasteiger partial charge is 0.308 e. The van der Waals surface area contributed by atoms with E-state index in [2.05, 4.69) is 10.6 Å². The molecule has 4 rings (SSSR count). The minimum atomic E-state index is -3.96. The van der Waals surface area contributed by atoms with Gasteiger partial charge in [0, 0.05) is 17.8 Å². The fourth-order valence-electron chi connectivity index (χ4n) is 3.20. The molecule has 1 fully saturated rings. The highest BCUT2D eigenvalue weighted by Crippen LogP contribution is 2.52. The number of amides is 2. The summed E-state index contributed by atoms with van der Waals surface area (Å²) in [5, 5.41) is 5.57. The van der Waals surface area contributed by atoms with Crippen molar-refractivity contribution in [3.63, 3.8) is 0 Å². The van der Waals surface area contributed by atoms with Gasteiger partial charge in [0.25, 0.3) is 0 Å². The topological polar surface area (TPSA) is 96.9 Å². The lowest BCUT2D eigenvalue weighted by molar-refractivity contribution is 0.0468. The van der Waals surface area contributed by atoms with E-state index in [1.807, 2.05) is 78.9 Å². The van der Waals surface area contributed by atoms with Crippen molar-refractivity contribution in [1.82, 2.24) is 0 Å². The summed E-state index contributed by atoms with van der Waals surface area (Å²) in [5.41, 5.74) is 4.19. The van der Waals surface area contributed by atoms with Gasteiger partial charge in [-0.3, -0.25) is 9.05 Å². The normalized spacial score (nSPS) is 21.0. The minimum Gasteiger partial charge on any atom is -0.308 e. The summed E-state index contributed by atoms with van der Waals surface area (Å²) in [4.78, 5) is 21.6. The summed E-state index contributed by atoms with van der Waals surface area (Å²) in [7, 11) is -3.96. The number of hydrogen-bond acceptors (Lipinski definition) is 4. The predicted molar refractivity (Wildman–Crippen MR) is 115 cm³/mol. The van der Waals surface area contributed by atoms with Gasteiger partial charge in [0.1, 0.15) is 0 Å². The molecule has 1 heterocycles. The van der Waals surface area contributed by atoms with E-state index in [1.54, 1.807) is 0 Å². The number of nitrogens with one attached hydrogen (secondary N) is 2. The highest BCUT2D eigenvalue weighted by atomic mass is 31.2. The fourth-order valence-corrected chi connectivity index (χ4v) is 4.14. The van der Waals surface area contributed by atoms with Gasteiger partial charge < -0.3 is 15.5 Å². The fraction of sp³-hybridized carbons (Fsp3) is 0.136. The molecule has 7 nitrogen and oxygen atoms in total. The largest absolute Gasteiger partial charge is 0.472 e. The Bertz CT molecular complexity index is 1060. The lowest BCUT2D eigenvalue weighted by Gasteiger charge is -2.26. The van der Waals surface area contributed by atoms with Crippen LogP contribution in [0.4, 0.5) is 16.2 Å². The number of benzene rings is 3. The molecule has 1 saturated heterocycles. The van der Waals surface area contributed by atoms with Crippen molar-refractivity contribution in [3.05, 3.63) is 84.4 Å². The zero-order valence-corrected chi connectivity index (χ0v) is 16.9. The first-order valence-corrected chi connectivity index (χ1v) is 11.0. The number of carbonyl (C=O) groups excluding carboxylic acids is 1. The molecule has 0 saturated carbocycles. The molecule has 2 unspecified atom stereocenters. The Balaban J connectivity index is 1.39. The molecular formula is C22H21N2O5P. The second-order valence-corrected chi connectivity index (χ2v) is 8.24. The average Bonchev–Trinajstić information content (AvgIpc) is 2.74. The molecule has 0 aromatic heterocycles. The second kappa shape index (κ2) is 8.81. The highest BCUT2D eigenvalue weighted by molar-refractivity contribution is 7.47. The van der Waals surface area contributed by atoms with Crippen molar-refractivity contribution < 1.29 is 23.3 Å². The Hall–Kier alpha value is -2.96. The van der Waals surface area contributed by atoms with Crippen LogP contribution in [-0.2, 0) is 13.6 Å². The zero-order chi connectivity index (χ0) is 21.0. The molecule has 3 N–H and O–H groups in total. The van der Waals surface area contributed by atoms with Gasteiger partial charge >= 0.3 is 13.9 Å². The van der Waals surface area contributed by atoms with Crippen LogP contribution in [0.5, 0.6) is 0 Å². The lowest BCUT2D eigenvalue weighted by Crippen LogP contribution is -2.19. The van der Waals surface area contributed by atoms with Gasteiger partial charge in [0.2, 0.25) is 0 Å². The molecule has 0 radical (unpaired) electrons. The molecule has 154 valence electrons. The molecule has 8 heteroatoms. The van der Waals surface area contributed by atoms with Gasteiger partial charge in [0.15, 0.2) is 0 Å². The molecule has 0 aliphatic carbocycles. The van der Waals surface area contributed by atoms with Crippen molar-refractivity contribution >= 4 is 25.2 Å². The SMILES string of the molecule is O=C(Nc1ccccc1)Nc1ccc(-c2ccc(C3CCOP(=O)(O)O3)cc2)cc1. The van der Waals surface area contributed by atoms with Gasteiger partial charge in [-0.15, -0.1) is 0 Å². The number of rotatable bonds is 4. The molecular weight excluding hydrogens is 403 g/mol. The van der Waals surface area contributed by atoms with E-state index in [-0.39, 0.29) is 12.6 Å². The molecule has 0 bridgehead atoms. The Labute approximate surface area is 174 Å². The van der Waals surface area contributed by atoms with E-state index in [0.717, 1.165) is 22.4 Å². The number of para-hydroxylation sites is 1. The number of urea groups is 1. The molecule has 2 atom stereocenters. The van der Waals surface area contributed by atoms with Crippen LogP contribution in [0.3, 0.4) is 0 Å². The molecule has 2 amide bonds. The molecule has 1 aliphatic heterocycles. The van der Waals surface area contributed by atoms with Gasteiger partial charge in [0.05, 0.1) is 12.7 Å². The van der Waals surface area contributed by atoms with E-state index in [9.17, 15) is 14.3 Å². The van der Waals surface area contributed by atoms with Crippen molar-refractivity contribution in [3.8, 4) is 11.1 Å². The number of phosphoric acid groups is 1. The highest BCUT2D eigenvalue weighted by Gasteiger charge is 2.32. The van der Waals surface area contributed by atoms with Crippen LogP contribution in [0.15, 0.2) is 78.9 Å². The molecule has 30 heavy (non-hydrogen) atoms. The maximum atomic E-state index is 12.1. The first-order valence-electron chi connectivity index (χ1n) is 9.48. The van der Waals surface area contributed by atoms with Crippen LogP contribution in [0.25, 0.3) is 11.1 Å². The van der Waals surface area contributed by atoms with E-state index >= 15 is 0 Å². The predicted octanol–water partition coefficient (Wildman–Crippen LogP) is 5.58. The third-order valence-electron chi connectivity index (χ3n) is 4.69. The Kier molecular flexibility index (Phi) is 5.97. The number of anilines is 2. The third kappa shape index (κ3) is 5.14. The summed E-state index contributed by atoms with van der Waals surface area (Å²) in [5.74, 6) is 0. The van der Waals surface area contributed by atoms with E-state index in [0.29, 0.717) is 12.1 Å². The molecule has 3 aromatic rings. The van der Waals surface area contributed by atoms with Crippen LogP contribution in [0, 0.1) is 0 Å². The average molecular weight is 424 g/mol. The maximum absolute atomic E-state index is 12.1. The standard InChI is InChI=1S/C22H21N2O5P/c25-22(23-19-4-2-1-3-5-19)24-20-12-10-17(11-13-20)16-6-8-18(9-7-16)21-14-15-28-30(26,27)29-21/h1-13,21H,14-15H2,(H,26,27)(H2,23,24,25). The number of carbonyl (C=O) groups is 1. The quantitative estimate of drug-likeness (QED) is 0.476. The van der Waals surface area contributed by atoms with Crippen molar-refractivity contribution in [2.45, 2.75) is 12.5 Å². The summed E-state index contributed by atoms with van der Waals surface area (Å²) in [6.07, 6.45) is 0.0632. The zero-order valence-electron chi connectivity index (χ0n) is 16.0. The van der Waals surface area contributed by atoms with E-state index < -0.39 is 13.9 Å². The lowest BCUT2D eigenvalue weighted by atomic mass is 10.0. The Morgan fingerprint density at radius 2 is 1.43 bits per heavy atom. The van der Waals surface area contributed by atoms with E-state index in [1.165, 1.54) is 0 Å². The monoisotopic (exact) mass is 424 g/mol. The number of hydrogen-bond donors (Lipinski definition) is 3. The van der Waals surface area contributed by atoms with Gasteiger partial charge in [-0.2, -0.15) is 0 Å². The molecule has 3 aromatic carbocycles. The molecule has 0 spiro atoms. The summed E-state index contributed by atoms with van der Waals surface area (Å²) in [6.45, 7) is 0.187. The van der Waals surface area contributed by atoms with Gasteiger partial charge in [-0.25, -0.2) is 9.36 Å². The number of phosphoric ester groups is 1. The van der Waals surface area contributed by atoms with E-state index in [4.69, 9.17) is 9.05 Å². The van der Waals surface area contributed by atoms with Crippen LogP contribution < -0.4 is 10.6 Å². The van der Waals surface area contributed by atoms with Gasteiger partial charge in [-0.1, -0.05) is 54.6 Å². The van der Waals surface area contributed by atoms with Crippen molar-refractivity contribution in [1.29, 1.82) is 0 Å². The van der Waals surface area contributed by atoms with Crippen LogP contribution in [-0.4, -0.2) is 17.5 Å². The summed E-state index contributed by atoms with van der Waals surface area (Å²) >= 11 is 0. The summed E-state index contributed by atoms with van der Waals surface area (Å²) < 4.78 is 21.5. The van der Waals surface area contributed by atoms with Crippen molar-refractivity contribution in [2.75, 3.05) is 17.2 Å². The first kappa shape index (κ1) is 20.3. The Morgan fingerprint density at radius 1 is 0.867 bits per heavy atom. The van der Waals surface area contributed by atoms with Crippen LogP contribution in [0.2, 0.25) is 0 Å².